The van der Waals surface area contributed by atoms with Crippen molar-refractivity contribution >= 4 is 0 Å². The van der Waals surface area contributed by atoms with E-state index < -0.39 is 0 Å². The van der Waals surface area contributed by atoms with Crippen molar-refractivity contribution < 1.29 is 9.84 Å². The molecule has 1 aliphatic carbocycles. The van der Waals surface area contributed by atoms with Crippen LogP contribution in [0.3, 0.4) is 0 Å². The third-order valence-corrected chi connectivity index (χ3v) is 3.96. The molecular formula is C10H18O2. The fourth-order valence-corrected chi connectivity index (χ4v) is 2.65. The average molecular weight is 170 g/mol. The van der Waals surface area contributed by atoms with E-state index in [1.165, 1.54) is 19.3 Å². The molecule has 70 valence electrons. The molecule has 2 unspecified atom stereocenters. The predicted molar refractivity (Wildman–Crippen MR) is 46.9 cm³/mol. The van der Waals surface area contributed by atoms with Crippen molar-refractivity contribution in [3.05, 3.63) is 0 Å². The Labute approximate surface area is 73.9 Å². The molecule has 2 nitrogen and oxygen atoms in total. The van der Waals surface area contributed by atoms with Crippen LogP contribution in [0.25, 0.3) is 0 Å². The molecule has 2 heteroatoms. The summed E-state index contributed by atoms with van der Waals surface area (Å²) in [7, 11) is 0. The lowest BCUT2D eigenvalue weighted by Gasteiger charge is -2.43. The average Bonchev–Trinajstić information content (AvgIpc) is 2.30. The highest BCUT2D eigenvalue weighted by Gasteiger charge is 2.48. The maximum atomic E-state index is 9.44. The topological polar surface area (TPSA) is 29.5 Å². The zero-order valence-electron chi connectivity index (χ0n) is 7.75. The van der Waals surface area contributed by atoms with E-state index in [4.69, 9.17) is 4.74 Å². The van der Waals surface area contributed by atoms with E-state index in [9.17, 15) is 5.11 Å². The second-order valence-corrected chi connectivity index (χ2v) is 4.28. The minimum absolute atomic E-state index is 0.123. The number of ether oxygens (including phenoxy) is 1. The maximum Gasteiger partial charge on any atom is 0.0628 e. The number of hydrogen-bond acceptors (Lipinski definition) is 2. The summed E-state index contributed by atoms with van der Waals surface area (Å²) in [4.78, 5) is 0. The first kappa shape index (κ1) is 8.52. The van der Waals surface area contributed by atoms with Crippen LogP contribution in [0.4, 0.5) is 0 Å². The SMILES string of the molecule is CC1OCCC1(CO)C1CCC1. The summed E-state index contributed by atoms with van der Waals surface area (Å²) in [5.74, 6) is 0.736. The second kappa shape index (κ2) is 3.00. The van der Waals surface area contributed by atoms with Gasteiger partial charge in [0.2, 0.25) is 0 Å². The lowest BCUT2D eigenvalue weighted by molar-refractivity contribution is -0.0377. The molecule has 0 radical (unpaired) electrons. The van der Waals surface area contributed by atoms with Crippen molar-refractivity contribution in [1.82, 2.24) is 0 Å². The summed E-state index contributed by atoms with van der Waals surface area (Å²) in [6.07, 6.45) is 5.28. The highest BCUT2D eigenvalue weighted by atomic mass is 16.5. The molecule has 1 saturated carbocycles. The van der Waals surface area contributed by atoms with Gasteiger partial charge in [-0.3, -0.25) is 0 Å². The second-order valence-electron chi connectivity index (χ2n) is 4.28. The van der Waals surface area contributed by atoms with E-state index in [2.05, 4.69) is 6.92 Å². The highest BCUT2D eigenvalue weighted by Crippen LogP contribution is 2.49. The first-order valence-corrected chi connectivity index (χ1v) is 5.02. The van der Waals surface area contributed by atoms with Gasteiger partial charge in [-0.15, -0.1) is 0 Å². The van der Waals surface area contributed by atoms with Gasteiger partial charge in [0.15, 0.2) is 0 Å². The first-order chi connectivity index (χ1) is 5.79. The van der Waals surface area contributed by atoms with E-state index >= 15 is 0 Å². The molecule has 1 N–H and O–H groups in total. The van der Waals surface area contributed by atoms with Gasteiger partial charge in [-0.1, -0.05) is 6.42 Å². The monoisotopic (exact) mass is 170 g/mol. The lowest BCUT2D eigenvalue weighted by Crippen LogP contribution is -2.43. The van der Waals surface area contributed by atoms with Crippen LogP contribution in [0.5, 0.6) is 0 Å². The Morgan fingerprint density at radius 1 is 1.50 bits per heavy atom. The van der Waals surface area contributed by atoms with E-state index in [0.717, 1.165) is 18.9 Å². The van der Waals surface area contributed by atoms with Gasteiger partial charge in [0.25, 0.3) is 0 Å². The molecule has 0 aromatic rings. The van der Waals surface area contributed by atoms with Crippen LogP contribution < -0.4 is 0 Å². The molecule has 0 aromatic heterocycles. The lowest BCUT2D eigenvalue weighted by atomic mass is 9.62. The van der Waals surface area contributed by atoms with Crippen LogP contribution in [-0.2, 0) is 4.74 Å². The van der Waals surface area contributed by atoms with Gasteiger partial charge in [0, 0.05) is 12.0 Å². The van der Waals surface area contributed by atoms with E-state index in [-0.39, 0.29) is 11.5 Å². The van der Waals surface area contributed by atoms with E-state index in [1.54, 1.807) is 0 Å². The zero-order chi connectivity index (χ0) is 8.60. The first-order valence-electron chi connectivity index (χ1n) is 5.02. The molecule has 2 atom stereocenters. The highest BCUT2D eigenvalue weighted by molar-refractivity contribution is 4.97. The van der Waals surface area contributed by atoms with Crippen LogP contribution in [-0.4, -0.2) is 24.4 Å². The Morgan fingerprint density at radius 2 is 2.25 bits per heavy atom. The number of rotatable bonds is 2. The summed E-state index contributed by atoms with van der Waals surface area (Å²) in [5, 5.41) is 9.44. The Hall–Kier alpha value is -0.0800. The fraction of sp³-hybridized carbons (Fsp3) is 1.00. The van der Waals surface area contributed by atoms with Crippen molar-refractivity contribution in [2.45, 2.75) is 38.7 Å². The molecule has 2 aliphatic rings. The molecular weight excluding hydrogens is 152 g/mol. The molecule has 1 saturated heterocycles. The van der Waals surface area contributed by atoms with Gasteiger partial charge >= 0.3 is 0 Å². The van der Waals surface area contributed by atoms with Gasteiger partial charge in [0.05, 0.1) is 12.7 Å². The largest absolute Gasteiger partial charge is 0.396 e. The Bertz CT molecular complexity index is 165. The van der Waals surface area contributed by atoms with Crippen molar-refractivity contribution in [2.24, 2.45) is 11.3 Å². The Kier molecular flexibility index (Phi) is 2.13. The van der Waals surface area contributed by atoms with Crippen LogP contribution >= 0.6 is 0 Å². The maximum absolute atomic E-state index is 9.44. The molecule has 1 heterocycles. The standard InChI is InChI=1S/C10H18O2/c1-8-10(7-11,5-6-12-8)9-3-2-4-9/h8-9,11H,2-7H2,1H3. The third-order valence-electron chi connectivity index (χ3n) is 3.96. The van der Waals surface area contributed by atoms with Crippen LogP contribution in [0, 0.1) is 11.3 Å². The quantitative estimate of drug-likeness (QED) is 0.681. The number of aliphatic hydroxyl groups is 1. The molecule has 2 fully saturated rings. The summed E-state index contributed by atoms with van der Waals surface area (Å²) in [6.45, 7) is 3.28. The zero-order valence-corrected chi connectivity index (χ0v) is 7.75. The van der Waals surface area contributed by atoms with Crippen molar-refractivity contribution in [1.29, 1.82) is 0 Å². The summed E-state index contributed by atoms with van der Waals surface area (Å²) < 4.78 is 5.56. The minimum Gasteiger partial charge on any atom is -0.396 e. The molecule has 0 amide bonds. The molecule has 0 bridgehead atoms. The molecule has 0 spiro atoms. The molecule has 12 heavy (non-hydrogen) atoms. The molecule has 2 rings (SSSR count). The smallest absolute Gasteiger partial charge is 0.0628 e. The third kappa shape index (κ3) is 1.01. The van der Waals surface area contributed by atoms with Gasteiger partial charge < -0.3 is 9.84 Å². The predicted octanol–water partition coefficient (Wildman–Crippen LogP) is 1.57. The van der Waals surface area contributed by atoms with Gasteiger partial charge in [-0.25, -0.2) is 0 Å². The number of aliphatic hydroxyl groups excluding tert-OH is 1. The van der Waals surface area contributed by atoms with Gasteiger partial charge in [-0.05, 0) is 32.1 Å². The minimum atomic E-state index is 0.123. The van der Waals surface area contributed by atoms with Crippen molar-refractivity contribution in [3.8, 4) is 0 Å². The van der Waals surface area contributed by atoms with Crippen molar-refractivity contribution in [3.63, 3.8) is 0 Å². The normalized spacial score (nSPS) is 43.0. The van der Waals surface area contributed by atoms with Crippen LogP contribution in [0.15, 0.2) is 0 Å². The molecule has 1 aliphatic heterocycles. The fourth-order valence-electron chi connectivity index (χ4n) is 2.65. The van der Waals surface area contributed by atoms with Crippen molar-refractivity contribution in [2.75, 3.05) is 13.2 Å². The molecule has 0 aromatic carbocycles. The number of hydrogen-bond donors (Lipinski definition) is 1. The summed E-state index contributed by atoms with van der Waals surface area (Å²) >= 11 is 0. The Balaban J connectivity index is 2.11. The van der Waals surface area contributed by atoms with Gasteiger partial charge in [0.1, 0.15) is 0 Å². The van der Waals surface area contributed by atoms with E-state index in [1.807, 2.05) is 0 Å². The van der Waals surface area contributed by atoms with Crippen LogP contribution in [0.1, 0.15) is 32.6 Å². The van der Waals surface area contributed by atoms with Crippen LogP contribution in [0.2, 0.25) is 0 Å². The van der Waals surface area contributed by atoms with Gasteiger partial charge in [-0.2, -0.15) is 0 Å². The summed E-state index contributed by atoms with van der Waals surface area (Å²) in [5.41, 5.74) is 0.123. The summed E-state index contributed by atoms with van der Waals surface area (Å²) in [6, 6.07) is 0. The van der Waals surface area contributed by atoms with E-state index in [0.29, 0.717) is 6.61 Å². The Morgan fingerprint density at radius 3 is 2.58 bits per heavy atom.